The molecule has 0 aliphatic carbocycles. The number of aromatic hydroxyl groups is 1. The van der Waals surface area contributed by atoms with Crippen LogP contribution in [0.4, 0.5) is 17.1 Å². The number of para-hydroxylation sites is 3. The molecule has 1 heterocycles. The van der Waals surface area contributed by atoms with Crippen LogP contribution in [0.1, 0.15) is 15.9 Å². The molecule has 1 N–H and O–H groups in total. The number of nitrogens with zero attached hydrogens (tertiary/aromatic N) is 2. The van der Waals surface area contributed by atoms with Gasteiger partial charge in [-0.3, -0.25) is 9.59 Å². The van der Waals surface area contributed by atoms with Gasteiger partial charge in [-0.2, -0.15) is 0 Å². The third kappa shape index (κ3) is 8.17. The Morgan fingerprint density at radius 1 is 0.508 bits per heavy atom. The Bertz CT molecular complexity index is 2840. The third-order valence-electron chi connectivity index (χ3n) is 10.3. The molecule has 0 aliphatic rings. The molecule has 1 aromatic heterocycles. The van der Waals surface area contributed by atoms with E-state index in [-0.39, 0.29) is 60.7 Å². The fraction of sp³-hybridized carbons (Fsp3) is 0.0196. The average molecular weight is 927 g/mol. The van der Waals surface area contributed by atoms with Gasteiger partial charge in [0.1, 0.15) is 11.3 Å². The number of hydrogen-bond acceptors (Lipinski definition) is 5. The first kappa shape index (κ1) is 41.5. The van der Waals surface area contributed by atoms with Gasteiger partial charge in [0.25, 0.3) is 5.56 Å². The summed E-state index contributed by atoms with van der Waals surface area (Å²) in [6, 6.07) is 67.5. The van der Waals surface area contributed by atoms with Gasteiger partial charge in [0.15, 0.2) is 7.14 Å². The summed E-state index contributed by atoms with van der Waals surface area (Å²) < 4.78 is 15.2. The zero-order chi connectivity index (χ0) is 40.1. The molecule has 8 aromatic carbocycles. The molecule has 0 saturated carbocycles. The standard InChI is InChI=1S/C33H24N2O3.C18H15OP.Eu/c1-34-28-19-11-10-18-27(28)32(37)30(33(34)38)31(36)26-20-21-29(25-17-9-8-16-24(25)26)35(22-12-4-2-5-13-22)23-14-6-3-7-15-23;19-20(16-10-4-1-5-11-16,17-12-6-2-7-13-17)18-14-8-3-9-15-18;/h2-21,37H,1H3;1-15H;. The monoisotopic (exact) mass is 927 g/mol. The van der Waals surface area contributed by atoms with Crippen molar-refractivity contribution in [1.29, 1.82) is 0 Å². The fourth-order valence-corrected chi connectivity index (χ4v) is 10.1. The van der Waals surface area contributed by atoms with Crippen LogP contribution in [0.5, 0.6) is 5.75 Å². The number of aryl methyl sites for hydroxylation is 1. The molecule has 59 heavy (non-hydrogen) atoms. The molecule has 0 bridgehead atoms. The van der Waals surface area contributed by atoms with Crippen molar-refractivity contribution in [3.63, 3.8) is 0 Å². The zero-order valence-corrected chi connectivity index (χ0v) is 35.4. The van der Waals surface area contributed by atoms with Gasteiger partial charge in [0.2, 0.25) is 5.78 Å². The van der Waals surface area contributed by atoms with Crippen LogP contribution in [0.2, 0.25) is 0 Å². The Labute approximate surface area is 384 Å². The first-order valence-corrected chi connectivity index (χ1v) is 20.6. The Morgan fingerprint density at radius 3 is 1.37 bits per heavy atom. The van der Waals surface area contributed by atoms with Crippen LogP contribution in [-0.4, -0.2) is 15.5 Å². The summed E-state index contributed by atoms with van der Waals surface area (Å²) in [5.74, 6) is -0.806. The molecule has 289 valence electrons. The second kappa shape index (κ2) is 18.5. The summed E-state index contributed by atoms with van der Waals surface area (Å²) in [4.78, 5) is 29.3. The molecular formula is C51H39EuN2O4P. The molecule has 1 radical (unpaired) electrons. The van der Waals surface area contributed by atoms with Crippen LogP contribution in [0.3, 0.4) is 0 Å². The summed E-state index contributed by atoms with van der Waals surface area (Å²) in [7, 11) is -1.17. The van der Waals surface area contributed by atoms with E-state index in [9.17, 15) is 19.3 Å². The molecule has 8 heteroatoms. The number of carbonyl (C=O) groups excluding carboxylic acids is 1. The van der Waals surface area contributed by atoms with Crippen LogP contribution in [0.15, 0.2) is 217 Å². The van der Waals surface area contributed by atoms with Crippen molar-refractivity contribution in [2.24, 2.45) is 7.05 Å². The van der Waals surface area contributed by atoms with Crippen molar-refractivity contribution in [1.82, 2.24) is 4.57 Å². The second-order valence-electron chi connectivity index (χ2n) is 13.7. The molecule has 0 spiro atoms. The number of anilines is 3. The molecule has 0 fully saturated rings. The van der Waals surface area contributed by atoms with Crippen LogP contribution in [-0.2, 0) is 11.6 Å². The summed E-state index contributed by atoms with van der Waals surface area (Å²) >= 11 is 0. The Kier molecular flexibility index (Phi) is 13.0. The van der Waals surface area contributed by atoms with E-state index in [4.69, 9.17) is 0 Å². The smallest absolute Gasteiger partial charge is 0.265 e. The van der Waals surface area contributed by atoms with Gasteiger partial charge in [-0.05, 0) is 53.9 Å². The van der Waals surface area contributed by atoms with Crippen LogP contribution in [0, 0.1) is 49.4 Å². The summed E-state index contributed by atoms with van der Waals surface area (Å²) in [5.41, 5.74) is 3.00. The predicted octanol–water partition coefficient (Wildman–Crippen LogP) is 10.4. The molecule has 0 amide bonds. The van der Waals surface area contributed by atoms with Crippen molar-refractivity contribution >= 4 is 67.6 Å². The van der Waals surface area contributed by atoms with E-state index in [2.05, 4.69) is 4.90 Å². The van der Waals surface area contributed by atoms with Gasteiger partial charge in [-0.1, -0.05) is 164 Å². The third-order valence-corrected chi connectivity index (χ3v) is 13.4. The van der Waals surface area contributed by atoms with E-state index in [1.807, 2.05) is 182 Å². The number of pyridine rings is 1. The van der Waals surface area contributed by atoms with Crippen LogP contribution >= 0.6 is 7.14 Å². The molecule has 0 aliphatic heterocycles. The van der Waals surface area contributed by atoms with E-state index in [1.54, 1.807) is 37.4 Å². The van der Waals surface area contributed by atoms with E-state index >= 15 is 0 Å². The van der Waals surface area contributed by atoms with E-state index in [0.717, 1.165) is 38.4 Å². The minimum Gasteiger partial charge on any atom is -0.506 e. The van der Waals surface area contributed by atoms with Gasteiger partial charge >= 0.3 is 0 Å². The van der Waals surface area contributed by atoms with Crippen molar-refractivity contribution in [2.75, 3.05) is 4.90 Å². The van der Waals surface area contributed by atoms with Crippen LogP contribution < -0.4 is 26.4 Å². The zero-order valence-electron chi connectivity index (χ0n) is 32.1. The summed E-state index contributed by atoms with van der Waals surface area (Å²) in [5, 5.41) is 15.7. The minimum absolute atomic E-state index is 0. The first-order chi connectivity index (χ1) is 28.4. The Hall–Kier alpha value is -5.69. The van der Waals surface area contributed by atoms with E-state index in [1.165, 1.54) is 4.57 Å². The number of hydrogen-bond donors (Lipinski definition) is 1. The normalized spacial score (nSPS) is 10.9. The van der Waals surface area contributed by atoms with E-state index < -0.39 is 18.5 Å². The largest absolute Gasteiger partial charge is 0.506 e. The molecule has 0 atom stereocenters. The fourth-order valence-electron chi connectivity index (χ4n) is 7.44. The molecule has 9 aromatic rings. The van der Waals surface area contributed by atoms with Gasteiger partial charge in [-0.25, -0.2) is 0 Å². The van der Waals surface area contributed by atoms with Gasteiger partial charge in [0.05, 0.1) is 11.2 Å². The number of ketones is 1. The van der Waals surface area contributed by atoms with Crippen molar-refractivity contribution in [3.05, 3.63) is 234 Å². The SMILES string of the molecule is Cn1c(=O)c(C(=O)c2ccc(N(c3ccccc3)c3ccccc3)c3ccccc23)c(O)c2ccccc21.O=P(c1ccccc1)(c1ccccc1)c1ccccc1.[Eu]. The topological polar surface area (TPSA) is 79.6 Å². The molecule has 6 nitrogen and oxygen atoms in total. The van der Waals surface area contributed by atoms with Crippen molar-refractivity contribution in [3.8, 4) is 5.75 Å². The molecule has 0 unspecified atom stereocenters. The Morgan fingerprint density at radius 2 is 0.898 bits per heavy atom. The van der Waals surface area contributed by atoms with Gasteiger partial charge < -0.3 is 19.1 Å². The maximum Gasteiger partial charge on any atom is 0.265 e. The minimum atomic E-state index is -2.78. The second-order valence-corrected chi connectivity index (χ2v) is 16.5. The first-order valence-electron chi connectivity index (χ1n) is 18.9. The number of rotatable bonds is 8. The quantitative estimate of drug-likeness (QED) is 0.121. The van der Waals surface area contributed by atoms with Crippen molar-refractivity contribution < 1.29 is 63.8 Å². The average Bonchev–Trinajstić information content (AvgIpc) is 3.30. The van der Waals surface area contributed by atoms with Crippen molar-refractivity contribution in [2.45, 2.75) is 0 Å². The maximum absolute atomic E-state index is 13.9. The number of fused-ring (bicyclic) bond motifs is 2. The molecular weight excluding hydrogens is 888 g/mol. The maximum atomic E-state index is 13.9. The number of aromatic nitrogens is 1. The van der Waals surface area contributed by atoms with E-state index in [0.29, 0.717) is 21.9 Å². The van der Waals surface area contributed by atoms with Crippen LogP contribution in [0.25, 0.3) is 21.7 Å². The number of benzene rings is 8. The molecule has 0 saturated heterocycles. The molecule has 9 rings (SSSR count). The predicted molar refractivity (Wildman–Crippen MR) is 239 cm³/mol. The summed E-state index contributed by atoms with van der Waals surface area (Å²) in [6.07, 6.45) is 0. The Balaban J connectivity index is 0.000000212. The summed E-state index contributed by atoms with van der Waals surface area (Å²) in [6.45, 7) is 0. The van der Waals surface area contributed by atoms with Gasteiger partial charge in [0, 0.05) is 100 Å². The van der Waals surface area contributed by atoms with Gasteiger partial charge in [-0.15, -0.1) is 0 Å². The number of carbonyl (C=O) groups is 1.